The van der Waals surface area contributed by atoms with Crippen molar-refractivity contribution in [3.63, 3.8) is 0 Å². The SMILES string of the molecule is COc1cc(-c2c(C)cc(C)c(S(=O)(=O)O)c2C)c(Br)c(N)[n+]1N. The predicted octanol–water partition coefficient (Wildman–Crippen LogP) is 1.88. The number of methoxy groups -OCH3 is 1. The minimum atomic E-state index is -4.37. The lowest BCUT2D eigenvalue weighted by Gasteiger charge is -2.17. The Hall–Kier alpha value is -1.84. The fourth-order valence-corrected chi connectivity index (χ4v) is 4.40. The van der Waals surface area contributed by atoms with Gasteiger partial charge in [-0.25, -0.2) is 0 Å². The molecule has 0 saturated carbocycles. The highest BCUT2D eigenvalue weighted by atomic mass is 79.9. The average Bonchev–Trinajstić information content (AvgIpc) is 2.45. The number of aryl methyl sites for hydroxylation is 2. The van der Waals surface area contributed by atoms with E-state index in [0.29, 0.717) is 32.6 Å². The normalized spacial score (nSPS) is 11.6. The molecule has 9 heteroatoms. The fourth-order valence-electron chi connectivity index (χ4n) is 2.94. The number of anilines is 1. The van der Waals surface area contributed by atoms with E-state index in [1.807, 2.05) is 6.92 Å². The number of pyridine rings is 1. The minimum absolute atomic E-state index is 0.114. The number of benzene rings is 1. The van der Waals surface area contributed by atoms with Crippen LogP contribution in [0.4, 0.5) is 5.82 Å². The van der Waals surface area contributed by atoms with Crippen LogP contribution < -0.4 is 21.0 Å². The van der Waals surface area contributed by atoms with Crippen molar-refractivity contribution in [2.75, 3.05) is 18.7 Å². The summed E-state index contributed by atoms with van der Waals surface area (Å²) in [5, 5.41) is 0. The molecule has 1 aromatic heterocycles. The first kappa shape index (κ1) is 18.5. The Morgan fingerprint density at radius 3 is 2.29 bits per heavy atom. The van der Waals surface area contributed by atoms with Crippen LogP contribution in [-0.2, 0) is 10.1 Å². The van der Waals surface area contributed by atoms with Gasteiger partial charge in [0.2, 0.25) is 0 Å². The van der Waals surface area contributed by atoms with Gasteiger partial charge in [-0.15, -0.1) is 0 Å². The molecule has 0 amide bonds. The summed E-state index contributed by atoms with van der Waals surface area (Å²) in [6.07, 6.45) is 0. The van der Waals surface area contributed by atoms with Crippen molar-refractivity contribution >= 4 is 31.9 Å². The molecule has 5 N–H and O–H groups in total. The van der Waals surface area contributed by atoms with Crippen molar-refractivity contribution in [2.24, 2.45) is 0 Å². The monoisotopic (exact) mass is 416 g/mol. The highest BCUT2D eigenvalue weighted by Crippen LogP contribution is 2.39. The molecule has 2 rings (SSSR count). The third-order valence-electron chi connectivity index (χ3n) is 3.86. The van der Waals surface area contributed by atoms with Gasteiger partial charge in [0.25, 0.3) is 10.1 Å². The lowest BCUT2D eigenvalue weighted by molar-refractivity contribution is -0.630. The van der Waals surface area contributed by atoms with Crippen LogP contribution >= 0.6 is 15.9 Å². The van der Waals surface area contributed by atoms with Crippen LogP contribution in [0.25, 0.3) is 11.1 Å². The molecule has 0 unspecified atom stereocenters. The number of nitrogens with two attached hydrogens (primary N) is 2. The van der Waals surface area contributed by atoms with Crippen molar-refractivity contribution in [1.29, 1.82) is 0 Å². The van der Waals surface area contributed by atoms with E-state index in [2.05, 4.69) is 15.9 Å². The maximum absolute atomic E-state index is 11.8. The van der Waals surface area contributed by atoms with Gasteiger partial charge in [0.05, 0.1) is 7.11 Å². The van der Waals surface area contributed by atoms with Gasteiger partial charge in [-0.05, 0) is 59.0 Å². The Bertz CT molecular complexity index is 943. The van der Waals surface area contributed by atoms with Crippen LogP contribution in [0, 0.1) is 20.8 Å². The molecule has 1 aromatic carbocycles. The standard InChI is InChI=1S/C15H18BrN3O4S/c1-7-5-8(2)14(24(20,21)22)9(3)12(7)10-6-11(23-4)19(18)15(17)13(10)16/h5-6,17H,18H2,1-4H3,(H,20,21,22)/p+1. The van der Waals surface area contributed by atoms with Crippen LogP contribution in [0.5, 0.6) is 5.88 Å². The molecule has 0 aliphatic rings. The molecule has 7 nitrogen and oxygen atoms in total. The van der Waals surface area contributed by atoms with E-state index < -0.39 is 10.1 Å². The zero-order valence-corrected chi connectivity index (χ0v) is 16.1. The number of nitrogens with zero attached hydrogens (tertiary/aromatic N) is 1. The molecule has 0 aliphatic heterocycles. The van der Waals surface area contributed by atoms with E-state index in [4.69, 9.17) is 16.3 Å². The lowest BCUT2D eigenvalue weighted by Crippen LogP contribution is -2.48. The number of aromatic nitrogens is 1. The fraction of sp³-hybridized carbons (Fsp3) is 0.267. The molecule has 2 aromatic rings. The van der Waals surface area contributed by atoms with Crippen molar-refractivity contribution in [3.05, 3.63) is 33.3 Å². The van der Waals surface area contributed by atoms with E-state index >= 15 is 0 Å². The summed E-state index contributed by atoms with van der Waals surface area (Å²) in [6, 6.07) is 3.35. The van der Waals surface area contributed by atoms with Gasteiger partial charge >= 0.3 is 11.7 Å². The van der Waals surface area contributed by atoms with Gasteiger partial charge in [0.15, 0.2) is 0 Å². The first-order valence-electron chi connectivity index (χ1n) is 6.92. The van der Waals surface area contributed by atoms with Crippen LogP contribution in [0.1, 0.15) is 16.7 Å². The number of ether oxygens (including phenoxy) is 1. The zero-order chi connectivity index (χ0) is 18.4. The maximum atomic E-state index is 11.8. The molecule has 0 aliphatic carbocycles. The second-order valence-corrected chi connectivity index (χ2v) is 7.64. The zero-order valence-electron chi connectivity index (χ0n) is 13.7. The van der Waals surface area contributed by atoms with Gasteiger partial charge in [-0.1, -0.05) is 10.7 Å². The summed E-state index contributed by atoms with van der Waals surface area (Å²) in [5.74, 6) is 6.36. The molecular weight excluding hydrogens is 398 g/mol. The summed E-state index contributed by atoms with van der Waals surface area (Å²) in [6.45, 7) is 5.12. The summed E-state index contributed by atoms with van der Waals surface area (Å²) in [5.41, 5.74) is 8.96. The van der Waals surface area contributed by atoms with Crippen molar-refractivity contribution in [3.8, 4) is 17.0 Å². The number of halogens is 1. The molecule has 0 bridgehead atoms. The second-order valence-electron chi connectivity index (χ2n) is 5.48. The molecule has 0 atom stereocenters. The number of rotatable bonds is 3. The smallest absolute Gasteiger partial charge is 0.313 e. The van der Waals surface area contributed by atoms with E-state index in [9.17, 15) is 13.0 Å². The molecule has 0 radical (unpaired) electrons. The van der Waals surface area contributed by atoms with Crippen LogP contribution in [0.3, 0.4) is 0 Å². The highest BCUT2D eigenvalue weighted by molar-refractivity contribution is 9.10. The largest absolute Gasteiger partial charge is 0.464 e. The molecular formula is C15H19BrN3O4S+. The second kappa shape index (κ2) is 6.23. The lowest BCUT2D eigenvalue weighted by atomic mass is 9.94. The Kier molecular flexibility index (Phi) is 4.80. The number of hydrogen-bond donors (Lipinski definition) is 3. The van der Waals surface area contributed by atoms with Crippen LogP contribution in [0.15, 0.2) is 21.5 Å². The quantitative estimate of drug-likeness (QED) is 0.399. The number of nitrogen functional groups attached to an aromatic ring is 2. The van der Waals surface area contributed by atoms with E-state index in [-0.39, 0.29) is 10.7 Å². The molecule has 130 valence electrons. The van der Waals surface area contributed by atoms with Gasteiger partial charge in [0, 0.05) is 11.6 Å². The van der Waals surface area contributed by atoms with Crippen molar-refractivity contribution in [2.45, 2.75) is 25.7 Å². The van der Waals surface area contributed by atoms with Crippen molar-refractivity contribution in [1.82, 2.24) is 0 Å². The Morgan fingerprint density at radius 1 is 1.21 bits per heavy atom. The van der Waals surface area contributed by atoms with E-state index in [0.717, 1.165) is 5.56 Å². The molecule has 24 heavy (non-hydrogen) atoms. The van der Waals surface area contributed by atoms with Gasteiger partial charge in [-0.3, -0.25) is 16.1 Å². The number of hydrogen-bond acceptors (Lipinski definition) is 5. The molecule has 0 saturated heterocycles. The molecule has 1 heterocycles. The average molecular weight is 417 g/mol. The Morgan fingerprint density at radius 2 is 1.79 bits per heavy atom. The summed E-state index contributed by atoms with van der Waals surface area (Å²) in [4.78, 5) is -0.114. The van der Waals surface area contributed by atoms with E-state index in [1.165, 1.54) is 11.8 Å². The maximum Gasteiger partial charge on any atom is 0.313 e. The highest BCUT2D eigenvalue weighted by Gasteiger charge is 2.26. The van der Waals surface area contributed by atoms with Gasteiger partial charge < -0.3 is 4.74 Å². The first-order valence-corrected chi connectivity index (χ1v) is 9.15. The predicted molar refractivity (Wildman–Crippen MR) is 94.9 cm³/mol. The van der Waals surface area contributed by atoms with E-state index in [1.54, 1.807) is 26.0 Å². The topological polar surface area (TPSA) is 120 Å². The van der Waals surface area contributed by atoms with Crippen LogP contribution in [0.2, 0.25) is 0 Å². The Balaban J connectivity index is 2.97. The van der Waals surface area contributed by atoms with Gasteiger partial charge in [-0.2, -0.15) is 8.42 Å². The summed E-state index contributed by atoms with van der Waals surface area (Å²) in [7, 11) is -2.91. The molecule has 0 fully saturated rings. The summed E-state index contributed by atoms with van der Waals surface area (Å²) < 4.78 is 40.0. The first-order chi connectivity index (χ1) is 11.0. The Labute approximate surface area is 149 Å². The summed E-state index contributed by atoms with van der Waals surface area (Å²) >= 11 is 3.40. The van der Waals surface area contributed by atoms with Gasteiger partial charge in [0.1, 0.15) is 9.37 Å². The molecule has 0 spiro atoms. The third-order valence-corrected chi connectivity index (χ3v) is 5.84. The minimum Gasteiger partial charge on any atom is -0.464 e. The van der Waals surface area contributed by atoms with Crippen molar-refractivity contribution < 1.29 is 22.4 Å². The third kappa shape index (κ3) is 2.94. The van der Waals surface area contributed by atoms with Crippen LogP contribution in [-0.4, -0.2) is 20.1 Å².